The van der Waals surface area contributed by atoms with Crippen LogP contribution in [0, 0.1) is 0 Å². The van der Waals surface area contributed by atoms with E-state index in [0.29, 0.717) is 12.1 Å². The van der Waals surface area contributed by atoms with Gasteiger partial charge in [0.2, 0.25) is 0 Å². The first-order valence-corrected chi connectivity index (χ1v) is 12.9. The van der Waals surface area contributed by atoms with Crippen molar-refractivity contribution < 1.29 is 4.79 Å². The van der Waals surface area contributed by atoms with Gasteiger partial charge in [-0.2, -0.15) is 5.10 Å². The van der Waals surface area contributed by atoms with Gasteiger partial charge in [-0.25, -0.2) is 0 Å². The predicted octanol–water partition coefficient (Wildman–Crippen LogP) is 6.15. The highest BCUT2D eigenvalue weighted by atomic mass is 32.2. The first-order valence-electron chi connectivity index (χ1n) is 12.1. The molecule has 2 aromatic heterocycles. The van der Waals surface area contributed by atoms with E-state index in [2.05, 4.69) is 55.7 Å². The van der Waals surface area contributed by atoms with E-state index < -0.39 is 0 Å². The Morgan fingerprint density at radius 1 is 0.973 bits per heavy atom. The zero-order valence-corrected chi connectivity index (χ0v) is 21.3. The van der Waals surface area contributed by atoms with Gasteiger partial charge in [0.15, 0.2) is 0 Å². The molecule has 0 spiro atoms. The number of likely N-dealkylation sites (N-methyl/N-ethyl adjacent to an activating group) is 1. The number of aromatic amines is 1. The van der Waals surface area contributed by atoms with Gasteiger partial charge in [0, 0.05) is 47.2 Å². The van der Waals surface area contributed by atoms with Crippen LogP contribution in [0.3, 0.4) is 0 Å². The monoisotopic (exact) mass is 505 g/mol. The fourth-order valence-corrected chi connectivity index (χ4v) is 4.95. The maximum atomic E-state index is 13.0. The molecule has 37 heavy (non-hydrogen) atoms. The average Bonchev–Trinajstić information content (AvgIpc) is 3.35. The van der Waals surface area contributed by atoms with Crippen LogP contribution >= 0.6 is 11.8 Å². The summed E-state index contributed by atoms with van der Waals surface area (Å²) in [7, 11) is 2.02. The third-order valence-electron chi connectivity index (χ3n) is 5.95. The number of rotatable bonds is 9. The molecule has 0 saturated heterocycles. The average molecular weight is 506 g/mol. The van der Waals surface area contributed by atoms with Crippen LogP contribution in [0.15, 0.2) is 107 Å². The molecule has 2 heterocycles. The Morgan fingerprint density at radius 2 is 1.78 bits per heavy atom. The van der Waals surface area contributed by atoms with Crippen molar-refractivity contribution in [3.8, 4) is 0 Å². The van der Waals surface area contributed by atoms with Crippen molar-refractivity contribution in [2.75, 3.05) is 25.0 Å². The lowest BCUT2D eigenvalue weighted by atomic mass is 10.2. The molecule has 184 valence electrons. The Balaban J connectivity index is 1.25. The van der Waals surface area contributed by atoms with E-state index in [1.807, 2.05) is 79.9 Å². The van der Waals surface area contributed by atoms with E-state index in [9.17, 15) is 4.79 Å². The molecule has 1 amide bonds. The lowest BCUT2D eigenvalue weighted by Crippen LogP contribution is -2.33. The number of hydrogen-bond acceptors (Lipinski definition) is 5. The maximum absolute atomic E-state index is 13.0. The van der Waals surface area contributed by atoms with Crippen LogP contribution in [0.2, 0.25) is 0 Å². The number of benzene rings is 3. The number of amides is 1. The minimum absolute atomic E-state index is 0.0749. The molecular formula is C30H27N5OS. The molecule has 2 N–H and O–H groups in total. The SMILES string of the molecule is CN(CCNC(=O)c1ccccc1Sc1ccc2c(/C=C/c3ccccn3)n[nH]c2c1)c1ccccc1. The first-order chi connectivity index (χ1) is 18.2. The summed E-state index contributed by atoms with van der Waals surface area (Å²) in [6, 6.07) is 29.8. The van der Waals surface area contributed by atoms with E-state index in [-0.39, 0.29) is 5.91 Å². The standard InChI is InChI=1S/C30H27N5OS/c1-35(23-10-3-2-4-11-23)20-19-32-30(36)26-12-5-6-13-29(26)37-24-15-16-25-27(33-34-28(25)21-24)17-14-22-9-7-8-18-31-22/h2-18,21H,19-20H2,1H3,(H,32,36)(H,33,34)/b17-14+. The zero-order valence-electron chi connectivity index (χ0n) is 20.5. The minimum Gasteiger partial charge on any atom is -0.373 e. The molecule has 0 aliphatic carbocycles. The van der Waals surface area contributed by atoms with Gasteiger partial charge in [0.25, 0.3) is 5.91 Å². The second-order valence-corrected chi connectivity index (χ2v) is 9.63. The molecule has 6 nitrogen and oxygen atoms in total. The van der Waals surface area contributed by atoms with Crippen molar-refractivity contribution >= 4 is 46.4 Å². The number of nitrogens with zero attached hydrogens (tertiary/aromatic N) is 3. The lowest BCUT2D eigenvalue weighted by molar-refractivity contribution is 0.0952. The Labute approximate surface area is 220 Å². The summed E-state index contributed by atoms with van der Waals surface area (Å²) < 4.78 is 0. The highest BCUT2D eigenvalue weighted by molar-refractivity contribution is 7.99. The molecular weight excluding hydrogens is 478 g/mol. The summed E-state index contributed by atoms with van der Waals surface area (Å²) in [5.74, 6) is -0.0749. The van der Waals surface area contributed by atoms with Crippen LogP contribution in [0.4, 0.5) is 5.69 Å². The number of fused-ring (bicyclic) bond motifs is 1. The van der Waals surface area contributed by atoms with Crippen LogP contribution in [0.5, 0.6) is 0 Å². The third kappa shape index (κ3) is 6.08. The zero-order chi connectivity index (χ0) is 25.5. The van der Waals surface area contributed by atoms with Gasteiger partial charge in [-0.15, -0.1) is 0 Å². The molecule has 0 bridgehead atoms. The van der Waals surface area contributed by atoms with Crippen LogP contribution in [-0.2, 0) is 0 Å². The van der Waals surface area contributed by atoms with Gasteiger partial charge >= 0.3 is 0 Å². The van der Waals surface area contributed by atoms with E-state index in [1.54, 1.807) is 18.0 Å². The second-order valence-electron chi connectivity index (χ2n) is 8.52. The van der Waals surface area contributed by atoms with Gasteiger partial charge in [0.05, 0.1) is 22.5 Å². The van der Waals surface area contributed by atoms with E-state index in [4.69, 9.17) is 0 Å². The van der Waals surface area contributed by atoms with Gasteiger partial charge in [-0.3, -0.25) is 14.9 Å². The fraction of sp³-hybridized carbons (Fsp3) is 0.100. The molecule has 0 aliphatic rings. The van der Waals surface area contributed by atoms with E-state index in [1.165, 1.54) is 0 Å². The normalized spacial score (nSPS) is 11.2. The van der Waals surface area contributed by atoms with E-state index in [0.717, 1.165) is 44.3 Å². The first kappa shape index (κ1) is 24.3. The Hall–Kier alpha value is -4.36. The van der Waals surface area contributed by atoms with E-state index >= 15 is 0 Å². The summed E-state index contributed by atoms with van der Waals surface area (Å²) in [6.45, 7) is 1.27. The van der Waals surface area contributed by atoms with Crippen LogP contribution in [0.25, 0.3) is 23.1 Å². The number of anilines is 1. The Kier molecular flexibility index (Phi) is 7.62. The second kappa shape index (κ2) is 11.6. The number of pyridine rings is 1. The molecule has 0 radical (unpaired) electrons. The quantitative estimate of drug-likeness (QED) is 0.252. The molecule has 5 aromatic rings. The summed E-state index contributed by atoms with van der Waals surface area (Å²) in [6.07, 6.45) is 5.68. The van der Waals surface area contributed by atoms with Crippen molar-refractivity contribution in [1.29, 1.82) is 0 Å². The summed E-state index contributed by atoms with van der Waals surface area (Å²) in [5, 5.41) is 11.7. The number of para-hydroxylation sites is 1. The van der Waals surface area contributed by atoms with Crippen molar-refractivity contribution in [1.82, 2.24) is 20.5 Å². The van der Waals surface area contributed by atoms with Crippen molar-refractivity contribution in [2.24, 2.45) is 0 Å². The Morgan fingerprint density at radius 3 is 2.62 bits per heavy atom. The van der Waals surface area contributed by atoms with Gasteiger partial charge in [-0.05, 0) is 66.7 Å². The van der Waals surface area contributed by atoms with Crippen molar-refractivity contribution in [2.45, 2.75) is 9.79 Å². The number of H-pyrrole nitrogens is 1. The summed E-state index contributed by atoms with van der Waals surface area (Å²) in [5.41, 5.74) is 4.47. The molecule has 0 saturated carbocycles. The van der Waals surface area contributed by atoms with Gasteiger partial charge in [-0.1, -0.05) is 48.2 Å². The number of nitrogens with one attached hydrogen (secondary N) is 2. The smallest absolute Gasteiger partial charge is 0.252 e. The molecule has 0 atom stereocenters. The van der Waals surface area contributed by atoms with Gasteiger partial charge in [0.1, 0.15) is 0 Å². The number of hydrogen-bond donors (Lipinski definition) is 2. The third-order valence-corrected chi connectivity index (χ3v) is 7.02. The number of carbonyl (C=O) groups excluding carboxylic acids is 1. The van der Waals surface area contributed by atoms with Crippen molar-refractivity contribution in [3.63, 3.8) is 0 Å². The van der Waals surface area contributed by atoms with Crippen LogP contribution in [-0.4, -0.2) is 41.2 Å². The summed E-state index contributed by atoms with van der Waals surface area (Å²) in [4.78, 5) is 21.4. The Bertz CT molecular complexity index is 1520. The maximum Gasteiger partial charge on any atom is 0.252 e. The predicted molar refractivity (Wildman–Crippen MR) is 152 cm³/mol. The summed E-state index contributed by atoms with van der Waals surface area (Å²) >= 11 is 1.57. The number of carbonyl (C=O) groups is 1. The fourth-order valence-electron chi connectivity index (χ4n) is 3.96. The van der Waals surface area contributed by atoms with Crippen molar-refractivity contribution in [3.05, 3.63) is 114 Å². The largest absolute Gasteiger partial charge is 0.373 e. The lowest BCUT2D eigenvalue weighted by Gasteiger charge is -2.19. The topological polar surface area (TPSA) is 73.9 Å². The van der Waals surface area contributed by atoms with Crippen LogP contribution < -0.4 is 10.2 Å². The highest BCUT2D eigenvalue weighted by Crippen LogP contribution is 2.33. The van der Waals surface area contributed by atoms with Gasteiger partial charge < -0.3 is 10.2 Å². The molecule has 0 aliphatic heterocycles. The molecule has 3 aromatic carbocycles. The molecule has 0 unspecified atom stereocenters. The van der Waals surface area contributed by atoms with Crippen LogP contribution in [0.1, 0.15) is 21.7 Å². The highest BCUT2D eigenvalue weighted by Gasteiger charge is 2.13. The minimum atomic E-state index is -0.0749. The molecule has 7 heteroatoms. The molecule has 5 rings (SSSR count). The number of aromatic nitrogens is 3. The molecule has 0 fully saturated rings.